The van der Waals surface area contributed by atoms with Crippen LogP contribution in [-0.4, -0.2) is 43.7 Å². The van der Waals surface area contributed by atoms with Crippen LogP contribution >= 0.6 is 0 Å². The third-order valence-electron chi connectivity index (χ3n) is 7.14. The molecule has 0 saturated carbocycles. The van der Waals surface area contributed by atoms with Gasteiger partial charge >= 0.3 is 0 Å². The van der Waals surface area contributed by atoms with E-state index in [0.29, 0.717) is 16.8 Å². The van der Waals surface area contributed by atoms with Crippen molar-refractivity contribution < 1.29 is 34.5 Å². The van der Waals surface area contributed by atoms with Crippen molar-refractivity contribution in [2.75, 3.05) is 5.32 Å². The second kappa shape index (κ2) is 8.33. The zero-order valence-electron chi connectivity index (χ0n) is 19.2. The number of amides is 2. The summed E-state index contributed by atoms with van der Waals surface area (Å²) in [5.74, 6) is -6.65. The highest BCUT2D eigenvalue weighted by Crippen LogP contribution is 2.51. The first-order chi connectivity index (χ1) is 17.1. The molecule has 3 atom stereocenters. The molecule has 2 aromatic rings. The summed E-state index contributed by atoms with van der Waals surface area (Å²) < 4.78 is 0. The van der Waals surface area contributed by atoms with Gasteiger partial charge in [-0.05, 0) is 48.4 Å². The van der Waals surface area contributed by atoms with Gasteiger partial charge in [0.05, 0.1) is 22.9 Å². The molecule has 2 amide bonds. The first-order valence-corrected chi connectivity index (χ1v) is 11.4. The molecule has 1 aromatic heterocycles. The quantitative estimate of drug-likeness (QED) is 0.322. The fourth-order valence-corrected chi connectivity index (χ4v) is 5.74. The van der Waals surface area contributed by atoms with Crippen molar-refractivity contribution in [1.82, 2.24) is 4.98 Å². The number of allylic oxidation sites excluding steroid dienone is 3. The molecule has 5 rings (SSSR count). The van der Waals surface area contributed by atoms with Crippen molar-refractivity contribution in [2.24, 2.45) is 23.5 Å². The van der Waals surface area contributed by atoms with Crippen molar-refractivity contribution in [3.63, 3.8) is 0 Å². The number of fused-ring (bicyclic) bond motifs is 3. The molecule has 1 aromatic carbocycles. The maximum Gasteiger partial charge on any atom is 0.255 e. The van der Waals surface area contributed by atoms with E-state index in [1.165, 1.54) is 6.92 Å². The van der Waals surface area contributed by atoms with Crippen molar-refractivity contribution >= 4 is 29.1 Å². The van der Waals surface area contributed by atoms with Gasteiger partial charge in [-0.1, -0.05) is 6.07 Å². The van der Waals surface area contributed by atoms with Crippen molar-refractivity contribution in [1.29, 1.82) is 0 Å². The van der Waals surface area contributed by atoms with Gasteiger partial charge in [-0.15, -0.1) is 0 Å². The molecule has 0 saturated heterocycles. The average Bonchev–Trinajstić information content (AvgIpc) is 2.80. The number of rotatable bonds is 3. The van der Waals surface area contributed by atoms with Crippen LogP contribution in [0.2, 0.25) is 0 Å². The Hall–Kier alpha value is -4.47. The molecule has 0 fully saturated rings. The van der Waals surface area contributed by atoms with Gasteiger partial charge in [-0.2, -0.15) is 0 Å². The molecule has 0 bridgehead atoms. The summed E-state index contributed by atoms with van der Waals surface area (Å²) in [6.45, 7) is 1.26. The number of phenolic OH excluding ortho intramolecular Hbond substituents is 1. The van der Waals surface area contributed by atoms with Gasteiger partial charge in [0.25, 0.3) is 5.91 Å². The van der Waals surface area contributed by atoms with E-state index in [9.17, 15) is 34.5 Å². The van der Waals surface area contributed by atoms with Gasteiger partial charge in [0, 0.05) is 30.7 Å². The van der Waals surface area contributed by atoms with Crippen LogP contribution in [0, 0.1) is 17.8 Å². The molecule has 3 aliphatic carbocycles. The Bertz CT molecular complexity index is 1420. The lowest BCUT2D eigenvalue weighted by molar-refractivity contribution is -0.126. The molecular weight excluding hydrogens is 466 g/mol. The van der Waals surface area contributed by atoms with Gasteiger partial charge in [0.1, 0.15) is 17.1 Å². The molecular formula is C26H23N3O7. The molecule has 1 heterocycles. The van der Waals surface area contributed by atoms with Crippen LogP contribution in [0.5, 0.6) is 5.75 Å². The number of aromatic hydroxyl groups is 1. The third kappa shape index (κ3) is 3.44. The smallest absolute Gasteiger partial charge is 0.255 e. The minimum Gasteiger partial charge on any atom is -0.511 e. The van der Waals surface area contributed by atoms with E-state index in [1.807, 2.05) is 0 Å². The molecule has 10 heteroatoms. The average molecular weight is 489 g/mol. The zero-order valence-corrected chi connectivity index (χ0v) is 19.2. The van der Waals surface area contributed by atoms with Crippen LogP contribution in [-0.2, 0) is 20.8 Å². The molecule has 0 aliphatic heterocycles. The zero-order chi connectivity index (χ0) is 25.9. The number of pyridine rings is 1. The third-order valence-corrected chi connectivity index (χ3v) is 7.14. The highest BCUT2D eigenvalue weighted by molar-refractivity contribution is 6.22. The first-order valence-electron chi connectivity index (χ1n) is 11.4. The number of nitrogens with two attached hydrogens (primary N) is 1. The molecule has 3 aliphatic rings. The van der Waals surface area contributed by atoms with Gasteiger partial charge in [-0.3, -0.25) is 24.2 Å². The van der Waals surface area contributed by atoms with Crippen molar-refractivity contribution in [3.05, 3.63) is 64.3 Å². The van der Waals surface area contributed by atoms with Crippen LogP contribution in [0.4, 0.5) is 5.69 Å². The standard InChI is InChI=1S/C26H23N3O7/c1-10(30)29-16-9-13(15-4-2-3-5-28-15)14-7-11-6-12-8-17(31)21(26(27)36)25(35)19(12)23(33)18(11)24(34)20(14)22(16)32/h2-5,9,11-12,19,31-33H,6-8H2,1H3,(H2,27,36)(H,29,30). The van der Waals surface area contributed by atoms with Crippen LogP contribution in [0.15, 0.2) is 53.1 Å². The lowest BCUT2D eigenvalue weighted by Crippen LogP contribution is -2.43. The lowest BCUT2D eigenvalue weighted by Gasteiger charge is -2.41. The number of aromatic nitrogens is 1. The van der Waals surface area contributed by atoms with Crippen LogP contribution in [0.25, 0.3) is 11.3 Å². The number of benzene rings is 1. The summed E-state index contributed by atoms with van der Waals surface area (Å²) in [6, 6.07) is 6.80. The molecule has 36 heavy (non-hydrogen) atoms. The number of phenols is 1. The predicted octanol–water partition coefficient (Wildman–Crippen LogP) is 2.49. The minimum absolute atomic E-state index is 0.0140. The fraction of sp³-hybridized carbons (Fsp3) is 0.269. The first kappa shape index (κ1) is 23.3. The SMILES string of the molecule is CC(=O)Nc1cc(-c2ccccn2)c2c(c1O)C(=O)C1=C(O)C3C(=O)C(C(N)=O)=C(O)CC3CC1C2. The molecule has 3 unspecified atom stereocenters. The molecule has 0 radical (unpaired) electrons. The van der Waals surface area contributed by atoms with Crippen LogP contribution in [0.1, 0.15) is 35.7 Å². The summed E-state index contributed by atoms with van der Waals surface area (Å²) in [5, 5.41) is 35.0. The Morgan fingerprint density at radius 1 is 1.14 bits per heavy atom. The topological polar surface area (TPSA) is 180 Å². The highest BCUT2D eigenvalue weighted by atomic mass is 16.3. The Morgan fingerprint density at radius 3 is 2.53 bits per heavy atom. The molecule has 184 valence electrons. The van der Waals surface area contributed by atoms with E-state index in [1.54, 1.807) is 30.5 Å². The monoisotopic (exact) mass is 489 g/mol. The molecule has 6 N–H and O–H groups in total. The number of nitrogens with one attached hydrogen (secondary N) is 1. The largest absolute Gasteiger partial charge is 0.511 e. The van der Waals surface area contributed by atoms with E-state index in [2.05, 4.69) is 10.3 Å². The van der Waals surface area contributed by atoms with E-state index in [4.69, 9.17) is 5.73 Å². The number of carbonyl (C=O) groups excluding carboxylic acids is 4. The summed E-state index contributed by atoms with van der Waals surface area (Å²) in [7, 11) is 0. The number of nitrogens with zero attached hydrogens (tertiary/aromatic N) is 1. The van der Waals surface area contributed by atoms with Gasteiger partial charge < -0.3 is 26.4 Å². The second-order valence-corrected chi connectivity index (χ2v) is 9.33. The fourth-order valence-electron chi connectivity index (χ4n) is 5.74. The highest BCUT2D eigenvalue weighted by Gasteiger charge is 2.50. The number of aliphatic hydroxyl groups excluding tert-OH is 2. The van der Waals surface area contributed by atoms with Gasteiger partial charge in [0.15, 0.2) is 17.3 Å². The van der Waals surface area contributed by atoms with Gasteiger partial charge in [0.2, 0.25) is 5.91 Å². The van der Waals surface area contributed by atoms with Gasteiger partial charge in [-0.25, -0.2) is 0 Å². The van der Waals surface area contributed by atoms with Crippen molar-refractivity contribution in [2.45, 2.75) is 26.2 Å². The Kier molecular flexibility index (Phi) is 5.39. The molecule has 0 spiro atoms. The van der Waals surface area contributed by atoms with E-state index < -0.39 is 64.0 Å². The van der Waals surface area contributed by atoms with E-state index >= 15 is 0 Å². The second-order valence-electron chi connectivity index (χ2n) is 9.33. The predicted molar refractivity (Wildman–Crippen MR) is 127 cm³/mol. The number of anilines is 1. The Balaban J connectivity index is 1.70. The normalized spacial score (nSPS) is 23.1. The van der Waals surface area contributed by atoms with Crippen LogP contribution < -0.4 is 11.1 Å². The molecule has 10 nitrogen and oxygen atoms in total. The number of carbonyl (C=O) groups is 4. The number of primary amides is 1. The van der Waals surface area contributed by atoms with E-state index in [0.717, 1.165) is 0 Å². The number of ketones is 2. The van der Waals surface area contributed by atoms with Crippen molar-refractivity contribution in [3.8, 4) is 17.0 Å². The number of hydrogen-bond acceptors (Lipinski definition) is 8. The maximum atomic E-state index is 13.8. The summed E-state index contributed by atoms with van der Waals surface area (Å²) in [4.78, 5) is 54.7. The van der Waals surface area contributed by atoms with Crippen LogP contribution in [0.3, 0.4) is 0 Å². The number of hydrogen-bond donors (Lipinski definition) is 5. The summed E-state index contributed by atoms with van der Waals surface area (Å²) in [6.07, 6.45) is 2.07. The minimum atomic E-state index is -1.20. The van der Waals surface area contributed by atoms with E-state index in [-0.39, 0.29) is 36.1 Å². The number of aliphatic hydroxyl groups is 2. The number of Topliss-reactive ketones (excluding diaryl/α,β-unsaturated/α-hetero) is 2. The summed E-state index contributed by atoms with van der Waals surface area (Å²) in [5.41, 5.74) is 6.17. The maximum absolute atomic E-state index is 13.8. The Morgan fingerprint density at radius 2 is 1.89 bits per heavy atom. The lowest BCUT2D eigenvalue weighted by atomic mass is 9.62. The summed E-state index contributed by atoms with van der Waals surface area (Å²) >= 11 is 0. The Labute approximate surface area is 205 Å².